The van der Waals surface area contributed by atoms with E-state index in [0.717, 1.165) is 64.3 Å². The Balaban J connectivity index is 1.61. The van der Waals surface area contributed by atoms with E-state index in [2.05, 4.69) is 51.6 Å². The van der Waals surface area contributed by atoms with Gasteiger partial charge >= 0.3 is 0 Å². The second kappa shape index (κ2) is 7.76. The highest BCUT2D eigenvalue weighted by atomic mass is 15.2. The Labute approximate surface area is 176 Å². The average molecular weight is 396 g/mol. The minimum atomic E-state index is 0.247. The van der Waals surface area contributed by atoms with Gasteiger partial charge in [0.05, 0.1) is 28.8 Å². The summed E-state index contributed by atoms with van der Waals surface area (Å²) in [6.07, 6.45) is 11.1. The van der Waals surface area contributed by atoms with Gasteiger partial charge in [-0.3, -0.25) is 9.97 Å². The topological polar surface area (TPSA) is 67.1 Å². The van der Waals surface area contributed by atoms with Crippen LogP contribution >= 0.6 is 0 Å². The molecule has 3 N–H and O–H groups in total. The molecule has 0 radical (unpaired) electrons. The van der Waals surface area contributed by atoms with Crippen LogP contribution < -0.4 is 16.0 Å². The van der Waals surface area contributed by atoms with Crippen molar-refractivity contribution in [1.29, 1.82) is 0 Å². The van der Waals surface area contributed by atoms with Crippen molar-refractivity contribution in [3.63, 3.8) is 0 Å². The van der Waals surface area contributed by atoms with E-state index in [4.69, 9.17) is 10.7 Å². The van der Waals surface area contributed by atoms with E-state index in [1.54, 1.807) is 0 Å². The smallest absolute Gasteiger partial charge is 0.0873 e. The molecular weight excluding hydrogens is 370 g/mol. The van der Waals surface area contributed by atoms with Gasteiger partial charge in [0.15, 0.2) is 0 Å². The number of nitrogens with zero attached hydrogens (tertiary/aromatic N) is 3. The second-order valence-electron chi connectivity index (χ2n) is 7.91. The third kappa shape index (κ3) is 3.60. The molecule has 1 atom stereocenters. The number of allylic oxidation sites excluding steroid dienone is 4. The first kappa shape index (κ1) is 18.6. The molecule has 150 valence electrons. The van der Waals surface area contributed by atoms with E-state index in [-0.39, 0.29) is 6.04 Å². The first-order valence-electron chi connectivity index (χ1n) is 10.4. The van der Waals surface area contributed by atoms with E-state index >= 15 is 0 Å². The lowest BCUT2D eigenvalue weighted by Crippen LogP contribution is -2.26. The molecule has 2 aromatic heterocycles. The Morgan fingerprint density at radius 2 is 2.07 bits per heavy atom. The number of fused-ring (bicyclic) bond motifs is 1. The highest BCUT2D eigenvalue weighted by Crippen LogP contribution is 2.30. The minimum absolute atomic E-state index is 0.247. The largest absolute Gasteiger partial charge is 0.369 e. The summed E-state index contributed by atoms with van der Waals surface area (Å²) in [6.45, 7) is 3.89. The zero-order chi connectivity index (χ0) is 20.5. The van der Waals surface area contributed by atoms with Crippen molar-refractivity contribution >= 4 is 27.9 Å². The monoisotopic (exact) mass is 395 g/mol. The molecule has 1 aromatic carbocycles. The summed E-state index contributed by atoms with van der Waals surface area (Å²) in [5.41, 5.74) is 13.4. The lowest BCUT2D eigenvalue weighted by Gasteiger charge is -2.18. The summed E-state index contributed by atoms with van der Waals surface area (Å²) in [4.78, 5) is 11.7. The fourth-order valence-corrected chi connectivity index (χ4v) is 4.12. The summed E-state index contributed by atoms with van der Waals surface area (Å²) in [7, 11) is 0. The number of anilines is 1. The standard InChI is InChI=1S/C25H25N5/c1-17-5-4-7-24(29-17)25-22(6-2-3-11-27-25)18-8-9-23-19(13-18)14-21(15-28-23)30-12-10-20(26)16-30/h2-9,11,13-15,20,27H,10,12,16,26H2,1H3/t20-/m1/s1. The molecule has 3 aromatic rings. The number of aryl methyl sites for hydroxylation is 1. The predicted octanol–water partition coefficient (Wildman–Crippen LogP) is 4.02. The highest BCUT2D eigenvalue weighted by molar-refractivity contribution is 5.97. The van der Waals surface area contributed by atoms with Crippen molar-refractivity contribution < 1.29 is 0 Å². The van der Waals surface area contributed by atoms with Crippen LogP contribution in [-0.4, -0.2) is 29.1 Å². The summed E-state index contributed by atoms with van der Waals surface area (Å²) >= 11 is 0. The number of nitrogens with two attached hydrogens (primary N) is 1. The Morgan fingerprint density at radius 1 is 1.13 bits per heavy atom. The molecule has 2 aliphatic rings. The second-order valence-corrected chi connectivity index (χ2v) is 7.91. The molecule has 0 bridgehead atoms. The van der Waals surface area contributed by atoms with Crippen LogP contribution in [0.15, 0.2) is 73.1 Å². The van der Waals surface area contributed by atoms with Crippen molar-refractivity contribution in [3.05, 3.63) is 90.0 Å². The lowest BCUT2D eigenvalue weighted by atomic mass is 9.99. The Kier molecular flexibility index (Phi) is 4.81. The molecule has 5 rings (SSSR count). The summed E-state index contributed by atoms with van der Waals surface area (Å²) in [5.74, 6) is 0. The van der Waals surface area contributed by atoms with Crippen LogP contribution in [0.1, 0.15) is 23.4 Å². The van der Waals surface area contributed by atoms with Gasteiger partial charge in [0, 0.05) is 42.0 Å². The summed E-state index contributed by atoms with van der Waals surface area (Å²) in [5, 5.41) is 4.54. The van der Waals surface area contributed by atoms with Crippen LogP contribution in [0, 0.1) is 6.92 Å². The number of pyridine rings is 2. The van der Waals surface area contributed by atoms with Crippen molar-refractivity contribution in [2.75, 3.05) is 18.0 Å². The third-order valence-corrected chi connectivity index (χ3v) is 5.68. The third-order valence-electron chi connectivity index (χ3n) is 5.68. The first-order chi connectivity index (χ1) is 14.7. The van der Waals surface area contributed by atoms with E-state index in [0.29, 0.717) is 0 Å². The number of benzene rings is 1. The SMILES string of the molecule is Cc1cccc(C2=C(c3ccc4ncc(N5CC[C@@H](N)C5)cc4c3)C=CC=CN2)n1. The van der Waals surface area contributed by atoms with Gasteiger partial charge in [-0.2, -0.15) is 0 Å². The van der Waals surface area contributed by atoms with Crippen LogP contribution in [0.5, 0.6) is 0 Å². The van der Waals surface area contributed by atoms with Crippen molar-refractivity contribution in [1.82, 2.24) is 15.3 Å². The van der Waals surface area contributed by atoms with Gasteiger partial charge < -0.3 is 16.0 Å². The first-order valence-corrected chi connectivity index (χ1v) is 10.4. The molecule has 1 saturated heterocycles. The van der Waals surface area contributed by atoms with E-state index < -0.39 is 0 Å². The van der Waals surface area contributed by atoms with Crippen molar-refractivity contribution in [3.8, 4) is 0 Å². The van der Waals surface area contributed by atoms with Gasteiger partial charge in [0.25, 0.3) is 0 Å². The van der Waals surface area contributed by atoms with Gasteiger partial charge in [-0.25, -0.2) is 0 Å². The van der Waals surface area contributed by atoms with Crippen LogP contribution in [0.25, 0.3) is 22.2 Å². The predicted molar refractivity (Wildman–Crippen MR) is 124 cm³/mol. The maximum absolute atomic E-state index is 6.10. The van der Waals surface area contributed by atoms with Gasteiger partial charge in [0.2, 0.25) is 0 Å². The Bertz CT molecular complexity index is 1190. The quantitative estimate of drug-likeness (QED) is 0.701. The molecule has 0 unspecified atom stereocenters. The molecular formula is C25H25N5. The minimum Gasteiger partial charge on any atom is -0.369 e. The van der Waals surface area contributed by atoms with Crippen LogP contribution in [0.4, 0.5) is 5.69 Å². The van der Waals surface area contributed by atoms with Crippen LogP contribution in [0.2, 0.25) is 0 Å². The molecule has 0 spiro atoms. The molecule has 0 saturated carbocycles. The van der Waals surface area contributed by atoms with Crippen molar-refractivity contribution in [2.45, 2.75) is 19.4 Å². The normalized spacial score (nSPS) is 18.7. The fourth-order valence-electron chi connectivity index (χ4n) is 4.12. The molecule has 5 heteroatoms. The maximum Gasteiger partial charge on any atom is 0.0873 e. The van der Waals surface area contributed by atoms with E-state index in [9.17, 15) is 0 Å². The van der Waals surface area contributed by atoms with E-state index in [1.165, 1.54) is 0 Å². The molecule has 0 amide bonds. The lowest BCUT2D eigenvalue weighted by molar-refractivity contribution is 0.752. The van der Waals surface area contributed by atoms with Gasteiger partial charge in [-0.15, -0.1) is 0 Å². The number of hydrogen-bond donors (Lipinski definition) is 2. The molecule has 30 heavy (non-hydrogen) atoms. The Morgan fingerprint density at radius 3 is 2.90 bits per heavy atom. The molecule has 5 nitrogen and oxygen atoms in total. The average Bonchev–Trinajstić information content (AvgIpc) is 3.05. The number of aromatic nitrogens is 2. The summed E-state index contributed by atoms with van der Waals surface area (Å²) in [6, 6.07) is 15.0. The molecule has 4 heterocycles. The van der Waals surface area contributed by atoms with Crippen LogP contribution in [0.3, 0.4) is 0 Å². The van der Waals surface area contributed by atoms with Gasteiger partial charge in [-0.1, -0.05) is 24.3 Å². The molecule has 1 fully saturated rings. The van der Waals surface area contributed by atoms with E-state index in [1.807, 2.05) is 43.6 Å². The number of rotatable bonds is 3. The highest BCUT2D eigenvalue weighted by Gasteiger charge is 2.20. The zero-order valence-electron chi connectivity index (χ0n) is 17.0. The Hall–Kier alpha value is -3.44. The molecule has 0 aliphatic carbocycles. The van der Waals surface area contributed by atoms with Gasteiger partial charge in [0.1, 0.15) is 0 Å². The van der Waals surface area contributed by atoms with Crippen LogP contribution in [-0.2, 0) is 0 Å². The van der Waals surface area contributed by atoms with Gasteiger partial charge in [-0.05, 0) is 55.3 Å². The van der Waals surface area contributed by atoms with Crippen molar-refractivity contribution in [2.24, 2.45) is 5.73 Å². The zero-order valence-corrected chi connectivity index (χ0v) is 17.0. The maximum atomic E-state index is 6.10. The molecule has 2 aliphatic heterocycles. The summed E-state index contributed by atoms with van der Waals surface area (Å²) < 4.78 is 0. The number of nitrogens with one attached hydrogen (secondary N) is 1. The fraction of sp³-hybridized carbons (Fsp3) is 0.200. The number of hydrogen-bond acceptors (Lipinski definition) is 5.